The Labute approximate surface area is 209 Å². The molecule has 3 N–H and O–H groups in total. The monoisotopic (exact) mass is 499 g/mol. The number of anilines is 1. The second kappa shape index (κ2) is 9.79. The summed E-state index contributed by atoms with van der Waals surface area (Å²) in [6.45, 7) is 0.260. The van der Waals surface area contributed by atoms with Crippen molar-refractivity contribution in [2.75, 3.05) is 17.1 Å². The minimum atomic E-state index is -3.72. The molecule has 0 aliphatic heterocycles. The van der Waals surface area contributed by atoms with E-state index in [0.717, 1.165) is 10.8 Å². The lowest BCUT2D eigenvalue weighted by molar-refractivity contribution is 0.318. The molecule has 5 aromatic rings. The molecule has 0 spiro atoms. The SMILES string of the molecule is O=S(=O)(CCCOc1ccccc1)Nc1cc(-c2c(O)ccc3ccccc23)c(O)c2ccccc12. The predicted molar refractivity (Wildman–Crippen MR) is 144 cm³/mol. The van der Waals surface area contributed by atoms with Crippen LogP contribution in [0.4, 0.5) is 5.69 Å². The first-order valence-corrected chi connectivity index (χ1v) is 13.2. The van der Waals surface area contributed by atoms with Gasteiger partial charge < -0.3 is 14.9 Å². The Kier molecular flexibility index (Phi) is 6.40. The van der Waals surface area contributed by atoms with Gasteiger partial charge in [-0.25, -0.2) is 8.42 Å². The number of fused-ring (bicyclic) bond motifs is 2. The van der Waals surface area contributed by atoms with Crippen molar-refractivity contribution in [3.8, 4) is 28.4 Å². The molecule has 0 aliphatic carbocycles. The molecule has 0 bridgehead atoms. The zero-order chi connectivity index (χ0) is 25.1. The zero-order valence-corrected chi connectivity index (χ0v) is 20.2. The van der Waals surface area contributed by atoms with Crippen LogP contribution in [0.25, 0.3) is 32.7 Å². The van der Waals surface area contributed by atoms with Gasteiger partial charge in [0.15, 0.2) is 0 Å². The summed E-state index contributed by atoms with van der Waals surface area (Å²) in [5, 5.41) is 24.6. The third-order valence-electron chi connectivity index (χ3n) is 6.03. The van der Waals surface area contributed by atoms with E-state index in [4.69, 9.17) is 4.74 Å². The maximum Gasteiger partial charge on any atom is 0.232 e. The van der Waals surface area contributed by atoms with E-state index in [1.165, 1.54) is 0 Å². The van der Waals surface area contributed by atoms with Crippen molar-refractivity contribution in [3.05, 3.63) is 97.1 Å². The molecule has 0 heterocycles. The number of phenols is 2. The maximum absolute atomic E-state index is 13.0. The van der Waals surface area contributed by atoms with Gasteiger partial charge in [-0.05, 0) is 41.5 Å². The summed E-state index contributed by atoms with van der Waals surface area (Å²) in [5.74, 6) is 0.513. The van der Waals surface area contributed by atoms with Crippen LogP contribution < -0.4 is 9.46 Å². The van der Waals surface area contributed by atoms with E-state index in [1.54, 1.807) is 42.5 Å². The molecule has 5 rings (SSSR count). The summed E-state index contributed by atoms with van der Waals surface area (Å²) in [6, 6.07) is 28.7. The molecule has 7 heteroatoms. The van der Waals surface area contributed by atoms with Crippen LogP contribution in [0.3, 0.4) is 0 Å². The predicted octanol–water partition coefficient (Wildman–Crippen LogP) is 6.28. The third-order valence-corrected chi connectivity index (χ3v) is 7.38. The van der Waals surface area contributed by atoms with E-state index in [0.29, 0.717) is 39.8 Å². The number of para-hydroxylation sites is 1. The molecule has 0 unspecified atom stereocenters. The first-order valence-electron chi connectivity index (χ1n) is 11.6. The summed E-state index contributed by atoms with van der Waals surface area (Å²) in [4.78, 5) is 0. The van der Waals surface area contributed by atoms with Gasteiger partial charge >= 0.3 is 0 Å². The molecule has 36 heavy (non-hydrogen) atoms. The van der Waals surface area contributed by atoms with E-state index >= 15 is 0 Å². The largest absolute Gasteiger partial charge is 0.507 e. The van der Waals surface area contributed by atoms with Crippen molar-refractivity contribution in [1.29, 1.82) is 0 Å². The van der Waals surface area contributed by atoms with Gasteiger partial charge in [-0.15, -0.1) is 0 Å². The van der Waals surface area contributed by atoms with Crippen LogP contribution in [-0.2, 0) is 10.0 Å². The van der Waals surface area contributed by atoms with Gasteiger partial charge in [-0.1, -0.05) is 72.8 Å². The van der Waals surface area contributed by atoms with Crippen LogP contribution in [0.15, 0.2) is 97.1 Å². The highest BCUT2D eigenvalue weighted by atomic mass is 32.2. The Bertz CT molecular complexity index is 1650. The Balaban J connectivity index is 1.49. The Hall–Kier alpha value is -4.23. The quantitative estimate of drug-likeness (QED) is 0.172. The second-order valence-electron chi connectivity index (χ2n) is 8.48. The lowest BCUT2D eigenvalue weighted by Crippen LogP contribution is -2.18. The van der Waals surface area contributed by atoms with Crippen molar-refractivity contribution < 1.29 is 23.4 Å². The van der Waals surface area contributed by atoms with Gasteiger partial charge in [-0.3, -0.25) is 4.72 Å². The van der Waals surface area contributed by atoms with Gasteiger partial charge in [0.1, 0.15) is 17.2 Å². The molecule has 6 nitrogen and oxygen atoms in total. The molecule has 0 saturated heterocycles. The summed E-state index contributed by atoms with van der Waals surface area (Å²) >= 11 is 0. The number of benzene rings is 5. The fraction of sp³-hybridized carbons (Fsp3) is 0.103. The maximum atomic E-state index is 13.0. The number of hydrogen-bond acceptors (Lipinski definition) is 5. The first-order chi connectivity index (χ1) is 17.4. The topological polar surface area (TPSA) is 95.9 Å². The van der Waals surface area contributed by atoms with Crippen molar-refractivity contribution in [3.63, 3.8) is 0 Å². The average Bonchev–Trinajstić information content (AvgIpc) is 2.89. The van der Waals surface area contributed by atoms with Gasteiger partial charge in [0, 0.05) is 21.9 Å². The van der Waals surface area contributed by atoms with Crippen LogP contribution in [0.5, 0.6) is 17.2 Å². The first kappa shape index (κ1) is 23.5. The van der Waals surface area contributed by atoms with E-state index in [2.05, 4.69) is 4.72 Å². The minimum absolute atomic E-state index is 0.00820. The second-order valence-corrected chi connectivity index (χ2v) is 10.3. The lowest BCUT2D eigenvalue weighted by Gasteiger charge is -2.17. The third kappa shape index (κ3) is 4.78. The van der Waals surface area contributed by atoms with Crippen LogP contribution in [0.1, 0.15) is 6.42 Å². The molecule has 5 aromatic carbocycles. The van der Waals surface area contributed by atoms with Gasteiger partial charge in [-0.2, -0.15) is 0 Å². The van der Waals surface area contributed by atoms with Gasteiger partial charge in [0.25, 0.3) is 0 Å². The van der Waals surface area contributed by atoms with Crippen LogP contribution in [-0.4, -0.2) is 31.0 Å². The number of sulfonamides is 1. The van der Waals surface area contributed by atoms with E-state index in [-0.39, 0.29) is 23.9 Å². The fourth-order valence-electron chi connectivity index (χ4n) is 4.35. The number of nitrogens with one attached hydrogen (secondary N) is 1. The van der Waals surface area contributed by atoms with Crippen molar-refractivity contribution in [2.24, 2.45) is 0 Å². The van der Waals surface area contributed by atoms with E-state index in [9.17, 15) is 18.6 Å². The van der Waals surface area contributed by atoms with Crippen LogP contribution >= 0.6 is 0 Å². The average molecular weight is 500 g/mol. The Morgan fingerprint density at radius 2 is 1.42 bits per heavy atom. The van der Waals surface area contributed by atoms with Crippen molar-refractivity contribution in [1.82, 2.24) is 0 Å². The molecule has 0 radical (unpaired) electrons. The minimum Gasteiger partial charge on any atom is -0.507 e. The molecular formula is C29H25NO5S. The highest BCUT2D eigenvalue weighted by Gasteiger charge is 2.20. The lowest BCUT2D eigenvalue weighted by atomic mass is 9.93. The number of aromatic hydroxyl groups is 2. The Morgan fingerprint density at radius 3 is 2.19 bits per heavy atom. The molecule has 0 atom stereocenters. The molecular weight excluding hydrogens is 474 g/mol. The number of hydrogen-bond donors (Lipinski definition) is 3. The standard InChI is InChI=1S/C29H25NO5S/c31-27-16-15-20-9-4-5-12-22(20)28(27)25-19-26(23-13-6-7-14-24(23)29(25)32)30-36(33,34)18-8-17-35-21-10-2-1-3-11-21/h1-7,9-16,19,30-32H,8,17-18H2. The van der Waals surface area contributed by atoms with E-state index < -0.39 is 10.0 Å². The number of phenolic OH excluding ortho intramolecular Hbond substituents is 2. The Morgan fingerprint density at radius 1 is 0.750 bits per heavy atom. The smallest absolute Gasteiger partial charge is 0.232 e. The van der Waals surface area contributed by atoms with Gasteiger partial charge in [0.2, 0.25) is 10.0 Å². The van der Waals surface area contributed by atoms with E-state index in [1.807, 2.05) is 54.6 Å². The highest BCUT2D eigenvalue weighted by Crippen LogP contribution is 2.46. The summed E-state index contributed by atoms with van der Waals surface area (Å²) in [7, 11) is -3.72. The molecule has 0 fully saturated rings. The number of ether oxygens (including phenoxy) is 1. The molecule has 0 aliphatic rings. The number of rotatable bonds is 8. The fourth-order valence-corrected chi connectivity index (χ4v) is 5.46. The molecule has 0 aromatic heterocycles. The highest BCUT2D eigenvalue weighted by molar-refractivity contribution is 7.92. The molecule has 0 saturated carbocycles. The zero-order valence-electron chi connectivity index (χ0n) is 19.4. The van der Waals surface area contributed by atoms with Crippen LogP contribution in [0, 0.1) is 0 Å². The summed E-state index contributed by atoms with van der Waals surface area (Å²) in [6.07, 6.45) is 0.303. The summed E-state index contributed by atoms with van der Waals surface area (Å²) < 4.78 is 34.3. The van der Waals surface area contributed by atoms with Crippen LogP contribution in [0.2, 0.25) is 0 Å². The molecule has 182 valence electrons. The van der Waals surface area contributed by atoms with Gasteiger partial charge in [0.05, 0.1) is 18.0 Å². The molecule has 0 amide bonds. The van der Waals surface area contributed by atoms with Crippen molar-refractivity contribution in [2.45, 2.75) is 6.42 Å². The van der Waals surface area contributed by atoms with Crippen molar-refractivity contribution >= 4 is 37.3 Å². The normalized spacial score (nSPS) is 11.6. The summed E-state index contributed by atoms with van der Waals surface area (Å²) in [5.41, 5.74) is 1.11.